The van der Waals surface area contributed by atoms with E-state index in [9.17, 15) is 4.79 Å². The van der Waals surface area contributed by atoms with Gasteiger partial charge in [-0.3, -0.25) is 0 Å². The summed E-state index contributed by atoms with van der Waals surface area (Å²) in [4.78, 5) is 11.0. The fourth-order valence-electron chi connectivity index (χ4n) is 1.24. The van der Waals surface area contributed by atoms with Crippen molar-refractivity contribution in [3.63, 3.8) is 0 Å². The highest BCUT2D eigenvalue weighted by Crippen LogP contribution is 2.14. The first-order chi connectivity index (χ1) is 5.74. The fourth-order valence-corrected chi connectivity index (χ4v) is 1.24. The Morgan fingerprint density at radius 2 is 2.42 bits per heavy atom. The van der Waals surface area contributed by atoms with Gasteiger partial charge in [-0.25, -0.2) is 4.79 Å². The highest BCUT2D eigenvalue weighted by atomic mass is 16.5. The number of hydrogen-bond donors (Lipinski definition) is 0. The van der Waals surface area contributed by atoms with E-state index in [1.54, 1.807) is 6.92 Å². The molecule has 0 spiro atoms. The zero-order valence-corrected chi connectivity index (χ0v) is 7.50. The Labute approximate surface area is 72.4 Å². The van der Waals surface area contributed by atoms with Gasteiger partial charge in [0.1, 0.15) is 0 Å². The second-order valence-electron chi connectivity index (χ2n) is 2.89. The van der Waals surface area contributed by atoms with Gasteiger partial charge in [0.05, 0.1) is 13.2 Å². The minimum atomic E-state index is -0.273. The minimum absolute atomic E-state index is 0.115. The average Bonchev–Trinajstić information content (AvgIpc) is 2.55. The lowest BCUT2D eigenvalue weighted by Gasteiger charge is -2.04. The van der Waals surface area contributed by atoms with Gasteiger partial charge < -0.3 is 9.47 Å². The molecule has 0 saturated carbocycles. The lowest BCUT2D eigenvalue weighted by atomic mass is 10.2. The second-order valence-corrected chi connectivity index (χ2v) is 2.89. The van der Waals surface area contributed by atoms with Gasteiger partial charge in [-0.2, -0.15) is 0 Å². The third-order valence-corrected chi connectivity index (χ3v) is 1.91. The summed E-state index contributed by atoms with van der Waals surface area (Å²) in [5, 5.41) is 0. The molecule has 0 aromatic heterocycles. The maximum Gasteiger partial charge on any atom is 0.333 e. The molecule has 1 aliphatic rings. The molecule has 1 fully saturated rings. The first-order valence-electron chi connectivity index (χ1n) is 4.12. The number of esters is 1. The number of rotatable bonds is 2. The molecule has 1 aliphatic heterocycles. The molecule has 12 heavy (non-hydrogen) atoms. The van der Waals surface area contributed by atoms with Gasteiger partial charge in [-0.15, -0.1) is 0 Å². The molecular formula is C9H14O3. The molecule has 0 bridgehead atoms. The number of ether oxygens (including phenoxy) is 2. The molecular weight excluding hydrogens is 156 g/mol. The van der Waals surface area contributed by atoms with Crippen molar-refractivity contribution < 1.29 is 14.3 Å². The van der Waals surface area contributed by atoms with Crippen LogP contribution in [-0.4, -0.2) is 25.8 Å². The van der Waals surface area contributed by atoms with Crippen LogP contribution in [0.15, 0.2) is 11.6 Å². The standard InChI is InChI=1S/C9H14O3/c1-7(9(10)11-2)6-8-4-3-5-12-8/h6,8H,3-5H2,1-2H3/b7-6-/t8-/m1/s1. The largest absolute Gasteiger partial charge is 0.466 e. The number of methoxy groups -OCH3 is 1. The van der Waals surface area contributed by atoms with Crippen molar-refractivity contribution in [2.75, 3.05) is 13.7 Å². The van der Waals surface area contributed by atoms with Crippen molar-refractivity contribution in [1.29, 1.82) is 0 Å². The Morgan fingerprint density at radius 1 is 1.67 bits per heavy atom. The van der Waals surface area contributed by atoms with Gasteiger partial charge in [-0.05, 0) is 25.8 Å². The lowest BCUT2D eigenvalue weighted by molar-refractivity contribution is -0.136. The van der Waals surface area contributed by atoms with E-state index < -0.39 is 0 Å². The fraction of sp³-hybridized carbons (Fsp3) is 0.667. The first-order valence-corrected chi connectivity index (χ1v) is 4.12. The number of carbonyl (C=O) groups is 1. The van der Waals surface area contributed by atoms with Crippen molar-refractivity contribution in [2.24, 2.45) is 0 Å². The van der Waals surface area contributed by atoms with E-state index in [-0.39, 0.29) is 12.1 Å². The van der Waals surface area contributed by atoms with Gasteiger partial charge in [-0.1, -0.05) is 0 Å². The van der Waals surface area contributed by atoms with E-state index in [0.29, 0.717) is 5.57 Å². The summed E-state index contributed by atoms with van der Waals surface area (Å²) in [6, 6.07) is 0. The monoisotopic (exact) mass is 170 g/mol. The van der Waals surface area contributed by atoms with E-state index in [1.165, 1.54) is 7.11 Å². The molecule has 3 nitrogen and oxygen atoms in total. The third-order valence-electron chi connectivity index (χ3n) is 1.91. The minimum Gasteiger partial charge on any atom is -0.466 e. The highest BCUT2D eigenvalue weighted by molar-refractivity contribution is 5.87. The molecule has 0 radical (unpaired) electrons. The zero-order chi connectivity index (χ0) is 8.97. The van der Waals surface area contributed by atoms with Crippen molar-refractivity contribution in [1.82, 2.24) is 0 Å². The maximum absolute atomic E-state index is 11.0. The molecule has 3 heteroatoms. The van der Waals surface area contributed by atoms with Crippen molar-refractivity contribution in [2.45, 2.75) is 25.9 Å². The van der Waals surface area contributed by atoms with Crippen LogP contribution in [0.2, 0.25) is 0 Å². The molecule has 0 aliphatic carbocycles. The summed E-state index contributed by atoms with van der Waals surface area (Å²) < 4.78 is 9.89. The summed E-state index contributed by atoms with van der Waals surface area (Å²) in [6.45, 7) is 2.54. The van der Waals surface area contributed by atoms with E-state index in [1.807, 2.05) is 6.08 Å². The van der Waals surface area contributed by atoms with Crippen LogP contribution in [0.1, 0.15) is 19.8 Å². The summed E-state index contributed by atoms with van der Waals surface area (Å²) in [5.41, 5.74) is 0.629. The van der Waals surface area contributed by atoms with Crippen LogP contribution < -0.4 is 0 Å². The molecule has 0 amide bonds. The molecule has 1 atom stereocenters. The van der Waals surface area contributed by atoms with Crippen LogP contribution >= 0.6 is 0 Å². The molecule has 1 saturated heterocycles. The predicted molar refractivity (Wildman–Crippen MR) is 44.7 cm³/mol. The van der Waals surface area contributed by atoms with Crippen LogP contribution in [0.25, 0.3) is 0 Å². The summed E-state index contributed by atoms with van der Waals surface area (Å²) in [7, 11) is 1.38. The van der Waals surface area contributed by atoms with Crippen LogP contribution in [0.4, 0.5) is 0 Å². The number of hydrogen-bond acceptors (Lipinski definition) is 3. The van der Waals surface area contributed by atoms with Gasteiger partial charge in [0.2, 0.25) is 0 Å². The van der Waals surface area contributed by atoms with Gasteiger partial charge >= 0.3 is 5.97 Å². The quantitative estimate of drug-likeness (QED) is 0.462. The molecule has 1 heterocycles. The maximum atomic E-state index is 11.0. The van der Waals surface area contributed by atoms with Gasteiger partial charge in [0.15, 0.2) is 0 Å². The highest BCUT2D eigenvalue weighted by Gasteiger charge is 2.14. The zero-order valence-electron chi connectivity index (χ0n) is 7.50. The van der Waals surface area contributed by atoms with Crippen molar-refractivity contribution >= 4 is 5.97 Å². The topological polar surface area (TPSA) is 35.5 Å². The van der Waals surface area contributed by atoms with Crippen LogP contribution in [0.5, 0.6) is 0 Å². The van der Waals surface area contributed by atoms with Crippen molar-refractivity contribution in [3.05, 3.63) is 11.6 Å². The lowest BCUT2D eigenvalue weighted by Crippen LogP contribution is -2.07. The summed E-state index contributed by atoms with van der Waals surface area (Å²) in [6.07, 6.45) is 4.03. The smallest absolute Gasteiger partial charge is 0.333 e. The van der Waals surface area contributed by atoms with E-state index in [4.69, 9.17) is 4.74 Å². The Bertz CT molecular complexity index is 190. The predicted octanol–water partition coefficient (Wildman–Crippen LogP) is 1.28. The molecule has 0 aromatic carbocycles. The Hall–Kier alpha value is -0.830. The van der Waals surface area contributed by atoms with Gasteiger partial charge in [0, 0.05) is 12.2 Å². The third kappa shape index (κ3) is 2.34. The van der Waals surface area contributed by atoms with Gasteiger partial charge in [0.25, 0.3) is 0 Å². The average molecular weight is 170 g/mol. The van der Waals surface area contributed by atoms with E-state index in [2.05, 4.69) is 4.74 Å². The molecule has 0 unspecified atom stereocenters. The van der Waals surface area contributed by atoms with Crippen LogP contribution in [-0.2, 0) is 14.3 Å². The second kappa shape index (κ2) is 4.26. The van der Waals surface area contributed by atoms with Crippen LogP contribution in [0.3, 0.4) is 0 Å². The number of carbonyl (C=O) groups excluding carboxylic acids is 1. The molecule has 68 valence electrons. The summed E-state index contributed by atoms with van der Waals surface area (Å²) in [5.74, 6) is -0.273. The molecule has 1 rings (SSSR count). The first kappa shape index (κ1) is 9.26. The SMILES string of the molecule is COC(=O)/C(C)=C\[C@H]1CCCO1. The van der Waals surface area contributed by atoms with E-state index in [0.717, 1.165) is 19.4 Å². The summed E-state index contributed by atoms with van der Waals surface area (Å²) >= 11 is 0. The Balaban J connectivity index is 2.48. The van der Waals surface area contributed by atoms with Crippen LogP contribution in [0, 0.1) is 0 Å². The van der Waals surface area contributed by atoms with E-state index >= 15 is 0 Å². The molecule has 0 N–H and O–H groups in total. The molecule has 0 aromatic rings. The Morgan fingerprint density at radius 3 is 2.92 bits per heavy atom. The van der Waals surface area contributed by atoms with Crippen molar-refractivity contribution in [3.8, 4) is 0 Å². The Kier molecular flexibility index (Phi) is 3.29. The normalized spacial score (nSPS) is 24.2.